The number of hydrazine groups is 1. The number of likely N-dealkylation sites (N-methyl/N-ethyl adjacent to an activating group) is 1. The number of nitrogens with one attached hydrogen (secondary N) is 2. The third-order valence-electron chi connectivity index (χ3n) is 8.50. The molecule has 9 nitrogen and oxygen atoms in total. The van der Waals surface area contributed by atoms with Gasteiger partial charge in [0.1, 0.15) is 24.0 Å². The van der Waals surface area contributed by atoms with Crippen LogP contribution < -0.4 is 21.2 Å². The molecule has 0 bridgehead atoms. The molecule has 2 aliphatic carbocycles. The number of nitrogens with zero attached hydrogens (tertiary/aromatic N) is 2. The zero-order valence-electron chi connectivity index (χ0n) is 26.5. The normalized spacial score (nSPS) is 21.5. The van der Waals surface area contributed by atoms with Gasteiger partial charge < -0.3 is 30.4 Å². The number of aromatic nitrogens is 1. The second-order valence-electron chi connectivity index (χ2n) is 11.6. The molecule has 7 rings (SSSR count). The molecule has 3 unspecified atom stereocenters. The lowest BCUT2D eigenvalue weighted by Gasteiger charge is -2.27. The Morgan fingerprint density at radius 2 is 2.00 bits per heavy atom. The molecule has 5 aliphatic rings. The van der Waals surface area contributed by atoms with Crippen molar-refractivity contribution in [3.05, 3.63) is 81.7 Å². The number of benzene rings is 1. The summed E-state index contributed by atoms with van der Waals surface area (Å²) in [5.74, 6) is 3.18. The molecular weight excluding hydrogens is 597 g/mol. The van der Waals surface area contributed by atoms with Crippen molar-refractivity contribution in [1.82, 2.24) is 20.7 Å². The van der Waals surface area contributed by atoms with Gasteiger partial charge >= 0.3 is 0 Å². The third-order valence-corrected chi connectivity index (χ3v) is 8.89. The number of nitrogens with two attached hydrogens (primary N) is 1. The molecule has 2 saturated carbocycles. The van der Waals surface area contributed by atoms with Crippen molar-refractivity contribution in [2.75, 3.05) is 41.0 Å². The monoisotopic (exact) mass is 641 g/mol. The van der Waals surface area contributed by atoms with Crippen LogP contribution in [0.4, 0.5) is 4.39 Å². The number of allylic oxidation sites excluding steroid dienone is 1. The van der Waals surface area contributed by atoms with E-state index in [2.05, 4.69) is 35.5 Å². The standard InChI is InChI=1S/C20H22ClFN2O.C12H16N2O2.CH5N.CH2O/c1-11-10-25-20-14(11)8-17(15(9-23-2)12-6-7-12)24-19(20)13-4-3-5-16(22)18(13)21;1-16-12-5-8(7-15)4-10-6-11(9-2-3-9)13-14(10)12;2*1-2/h3-5,8,11-12,15,23H,6-7,9-10H2,1-2H3;4-6,9,11,13,15H,2-3,7H2,1H3;2H2,1H3;1H2. The lowest BCUT2D eigenvalue weighted by Crippen LogP contribution is -2.38. The molecule has 2 fully saturated rings. The number of carbonyl (C=O) groups excluding carboxylic acids is 1. The number of aliphatic hydroxyl groups excluding tert-OH is 1. The van der Waals surface area contributed by atoms with Crippen LogP contribution in [-0.2, 0) is 9.53 Å². The molecule has 11 heteroatoms. The smallest absolute Gasteiger partial charge is 0.208 e. The van der Waals surface area contributed by atoms with Crippen LogP contribution in [0.15, 0.2) is 59.6 Å². The van der Waals surface area contributed by atoms with E-state index in [9.17, 15) is 9.50 Å². The summed E-state index contributed by atoms with van der Waals surface area (Å²) in [7, 11) is 5.12. The number of carbonyl (C=O) groups is 1. The van der Waals surface area contributed by atoms with Crippen molar-refractivity contribution in [2.45, 2.75) is 50.5 Å². The average molecular weight is 642 g/mol. The Kier molecular flexibility index (Phi) is 12.2. The minimum atomic E-state index is -0.430. The van der Waals surface area contributed by atoms with Gasteiger partial charge in [-0.3, -0.25) is 0 Å². The van der Waals surface area contributed by atoms with Gasteiger partial charge in [-0.15, -0.1) is 0 Å². The Morgan fingerprint density at radius 1 is 1.27 bits per heavy atom. The van der Waals surface area contributed by atoms with Crippen molar-refractivity contribution in [2.24, 2.45) is 17.6 Å². The van der Waals surface area contributed by atoms with E-state index >= 15 is 0 Å². The Labute approximate surface area is 270 Å². The number of rotatable bonds is 8. The van der Waals surface area contributed by atoms with Gasteiger partial charge in [-0.25, -0.2) is 19.8 Å². The van der Waals surface area contributed by atoms with Gasteiger partial charge in [0.15, 0.2) is 0 Å². The third kappa shape index (κ3) is 7.76. The summed E-state index contributed by atoms with van der Waals surface area (Å²) >= 11 is 6.25. The first-order chi connectivity index (χ1) is 21.9. The predicted octanol–water partition coefficient (Wildman–Crippen LogP) is 5.03. The maximum atomic E-state index is 14.0. The molecule has 2 aromatic rings. The summed E-state index contributed by atoms with van der Waals surface area (Å²) in [4.78, 5) is 12.9. The summed E-state index contributed by atoms with van der Waals surface area (Å²) in [6.07, 6.45) is 11.2. The topological polar surface area (TPSA) is 122 Å². The molecule has 0 spiro atoms. The molecule has 1 aromatic heterocycles. The molecule has 0 saturated heterocycles. The fraction of sp³-hybridized carbons (Fsp3) is 0.471. The zero-order valence-corrected chi connectivity index (χ0v) is 27.2. The van der Waals surface area contributed by atoms with Crippen LogP contribution in [0.2, 0.25) is 5.02 Å². The van der Waals surface area contributed by atoms with Gasteiger partial charge in [0, 0.05) is 47.3 Å². The first kappa shape index (κ1) is 34.6. The Bertz CT molecular complexity index is 1430. The largest absolute Gasteiger partial charge is 0.490 e. The van der Waals surface area contributed by atoms with Gasteiger partial charge in [0.25, 0.3) is 0 Å². The molecule has 4 heterocycles. The lowest BCUT2D eigenvalue weighted by atomic mass is 9.93. The quantitative estimate of drug-likeness (QED) is 0.314. The van der Waals surface area contributed by atoms with Gasteiger partial charge in [0.05, 0.1) is 31.0 Å². The number of hydrogen-bond donors (Lipinski definition) is 4. The van der Waals surface area contributed by atoms with E-state index in [1.807, 2.05) is 37.1 Å². The maximum Gasteiger partial charge on any atom is 0.208 e. The van der Waals surface area contributed by atoms with Gasteiger partial charge in [-0.2, -0.15) is 0 Å². The van der Waals surface area contributed by atoms with Crippen molar-refractivity contribution < 1.29 is 23.8 Å². The number of methoxy groups -OCH3 is 1. The SMILES string of the molecule is C=O.CN.CNCC(c1cc2c(c(-c3cccc(F)c3Cl)n1)OCC2C)C1CC1.COC1=CC(CO)=CC2=CC(C3CC3)NN21. The summed E-state index contributed by atoms with van der Waals surface area (Å²) < 4.78 is 25.2. The molecule has 5 N–H and O–H groups in total. The molecule has 0 amide bonds. The van der Waals surface area contributed by atoms with E-state index in [-0.39, 0.29) is 11.6 Å². The predicted molar refractivity (Wildman–Crippen MR) is 175 cm³/mol. The average Bonchev–Trinajstić information content (AvgIpc) is 4.02. The summed E-state index contributed by atoms with van der Waals surface area (Å²) in [6.45, 7) is 5.71. The van der Waals surface area contributed by atoms with E-state index in [4.69, 9.17) is 30.9 Å². The number of fused-ring (bicyclic) bond motifs is 2. The number of ether oxygens (including phenoxy) is 2. The maximum absolute atomic E-state index is 14.0. The molecule has 244 valence electrons. The van der Waals surface area contributed by atoms with Gasteiger partial charge in [-0.1, -0.05) is 30.7 Å². The highest BCUT2D eigenvalue weighted by Crippen LogP contribution is 2.47. The van der Waals surface area contributed by atoms with Crippen molar-refractivity contribution in [3.8, 4) is 17.0 Å². The van der Waals surface area contributed by atoms with Gasteiger partial charge in [0.2, 0.25) is 5.88 Å². The second kappa shape index (κ2) is 15.8. The first-order valence-electron chi connectivity index (χ1n) is 15.4. The Morgan fingerprint density at radius 3 is 2.62 bits per heavy atom. The Hall–Kier alpha value is -3.28. The first-order valence-corrected chi connectivity index (χ1v) is 15.8. The van der Waals surface area contributed by atoms with Crippen molar-refractivity contribution in [3.63, 3.8) is 0 Å². The molecule has 3 atom stereocenters. The summed E-state index contributed by atoms with van der Waals surface area (Å²) in [6, 6.07) is 7.45. The minimum Gasteiger partial charge on any atom is -0.490 e. The van der Waals surface area contributed by atoms with Crippen LogP contribution >= 0.6 is 11.6 Å². The fourth-order valence-electron chi connectivity index (χ4n) is 5.90. The van der Waals surface area contributed by atoms with Crippen molar-refractivity contribution >= 4 is 18.4 Å². The molecule has 0 radical (unpaired) electrons. The highest BCUT2D eigenvalue weighted by atomic mass is 35.5. The van der Waals surface area contributed by atoms with E-state index in [1.54, 1.807) is 13.2 Å². The second-order valence-corrected chi connectivity index (χ2v) is 12.0. The van der Waals surface area contributed by atoms with Crippen LogP contribution in [-0.4, -0.2) is 68.9 Å². The highest BCUT2D eigenvalue weighted by molar-refractivity contribution is 6.33. The van der Waals surface area contributed by atoms with E-state index in [0.29, 0.717) is 41.7 Å². The van der Waals surface area contributed by atoms with E-state index in [0.717, 1.165) is 46.6 Å². The molecule has 45 heavy (non-hydrogen) atoms. The van der Waals surface area contributed by atoms with E-state index < -0.39 is 5.82 Å². The number of hydrogen-bond acceptors (Lipinski definition) is 9. The van der Waals surface area contributed by atoms with Crippen LogP contribution in [0.1, 0.15) is 55.7 Å². The lowest BCUT2D eigenvalue weighted by molar-refractivity contribution is -0.0980. The number of pyridine rings is 1. The van der Waals surface area contributed by atoms with Crippen molar-refractivity contribution in [1.29, 1.82) is 0 Å². The van der Waals surface area contributed by atoms with Crippen LogP contribution in [0.25, 0.3) is 11.3 Å². The number of aliphatic hydroxyl groups is 1. The Balaban J connectivity index is 0.000000198. The minimum absolute atomic E-state index is 0.0478. The molecule has 1 aromatic carbocycles. The van der Waals surface area contributed by atoms with Gasteiger partial charge in [-0.05, 0) is 81.5 Å². The summed E-state index contributed by atoms with van der Waals surface area (Å²) in [5, 5.41) is 14.5. The van der Waals surface area contributed by atoms with Crippen LogP contribution in [0.3, 0.4) is 0 Å². The zero-order chi connectivity index (χ0) is 32.7. The molecule has 3 aliphatic heterocycles. The highest BCUT2D eigenvalue weighted by Gasteiger charge is 2.38. The summed E-state index contributed by atoms with van der Waals surface area (Å²) in [5.41, 5.74) is 13.4. The van der Waals surface area contributed by atoms with Crippen LogP contribution in [0, 0.1) is 17.7 Å². The molecular formula is C34H45ClFN5O4. The van der Waals surface area contributed by atoms with Crippen LogP contribution in [0.5, 0.6) is 5.75 Å². The fourth-order valence-corrected chi connectivity index (χ4v) is 6.11. The number of halogens is 2. The van der Waals surface area contributed by atoms with E-state index in [1.165, 1.54) is 38.8 Å².